The van der Waals surface area contributed by atoms with Crippen LogP contribution in [-0.2, 0) is 4.79 Å². The van der Waals surface area contributed by atoms with Crippen molar-refractivity contribution in [2.45, 2.75) is 34.1 Å². The molecule has 0 saturated carbocycles. The number of carbonyl (C=O) groups excluding carboxylic acids is 2. The largest absolute Gasteiger partial charge is 0.278 e. The van der Waals surface area contributed by atoms with Gasteiger partial charge in [-0.2, -0.15) is 0 Å². The molecule has 2 rings (SSSR count). The summed E-state index contributed by atoms with van der Waals surface area (Å²) in [6, 6.07) is 3.17. The molecule has 1 aliphatic heterocycles. The lowest BCUT2D eigenvalue weighted by atomic mass is 9.80. The number of aromatic nitrogens is 1. The van der Waals surface area contributed by atoms with Gasteiger partial charge >= 0.3 is 0 Å². The molecule has 1 aromatic heterocycles. The zero-order chi connectivity index (χ0) is 15.1. The standard InChI is InChI=1S/C15H19ClN2O2/c1-9-5-10(6-12(16)17-9)14(20)18-8-11(7-13(18)19)15(2,3)4/h5-6,11H,7-8H2,1-4H3. The first-order valence-corrected chi connectivity index (χ1v) is 7.05. The minimum absolute atomic E-state index is 0.0104. The van der Waals surface area contributed by atoms with Crippen molar-refractivity contribution in [2.75, 3.05) is 6.54 Å². The van der Waals surface area contributed by atoms with Crippen molar-refractivity contribution >= 4 is 23.4 Å². The van der Waals surface area contributed by atoms with Crippen molar-refractivity contribution in [3.8, 4) is 0 Å². The van der Waals surface area contributed by atoms with Crippen LogP contribution in [0, 0.1) is 18.3 Å². The van der Waals surface area contributed by atoms with Gasteiger partial charge in [-0.1, -0.05) is 32.4 Å². The van der Waals surface area contributed by atoms with Gasteiger partial charge < -0.3 is 0 Å². The van der Waals surface area contributed by atoms with Gasteiger partial charge in [0.25, 0.3) is 5.91 Å². The molecule has 2 amide bonds. The van der Waals surface area contributed by atoms with Gasteiger partial charge in [-0.25, -0.2) is 4.98 Å². The van der Waals surface area contributed by atoms with Gasteiger partial charge in [0.1, 0.15) is 5.15 Å². The lowest BCUT2D eigenvalue weighted by Crippen LogP contribution is -2.33. The summed E-state index contributed by atoms with van der Waals surface area (Å²) in [6.45, 7) is 8.51. The average molecular weight is 295 g/mol. The zero-order valence-corrected chi connectivity index (χ0v) is 13.0. The highest BCUT2D eigenvalue weighted by molar-refractivity contribution is 6.29. The van der Waals surface area contributed by atoms with Crippen LogP contribution < -0.4 is 0 Å². The molecule has 0 spiro atoms. The van der Waals surface area contributed by atoms with E-state index in [-0.39, 0.29) is 28.3 Å². The number of rotatable bonds is 1. The smallest absolute Gasteiger partial charge is 0.260 e. The lowest BCUT2D eigenvalue weighted by Gasteiger charge is -2.26. The van der Waals surface area contributed by atoms with Crippen molar-refractivity contribution in [1.29, 1.82) is 0 Å². The van der Waals surface area contributed by atoms with E-state index in [1.807, 2.05) is 0 Å². The van der Waals surface area contributed by atoms with Crippen LogP contribution in [0.1, 0.15) is 43.2 Å². The number of aryl methyl sites for hydroxylation is 1. The molecular weight excluding hydrogens is 276 g/mol. The van der Waals surface area contributed by atoms with E-state index in [9.17, 15) is 9.59 Å². The number of hydrogen-bond acceptors (Lipinski definition) is 3. The van der Waals surface area contributed by atoms with E-state index >= 15 is 0 Å². The Labute approximate surface area is 124 Å². The molecule has 4 nitrogen and oxygen atoms in total. The summed E-state index contributed by atoms with van der Waals surface area (Å²) >= 11 is 5.87. The van der Waals surface area contributed by atoms with E-state index in [0.29, 0.717) is 24.2 Å². The Morgan fingerprint density at radius 2 is 2.05 bits per heavy atom. The molecule has 0 aromatic carbocycles. The predicted octanol–water partition coefficient (Wildman–Crippen LogP) is 3.08. The van der Waals surface area contributed by atoms with Crippen molar-refractivity contribution < 1.29 is 9.59 Å². The maximum absolute atomic E-state index is 12.5. The maximum Gasteiger partial charge on any atom is 0.260 e. The van der Waals surface area contributed by atoms with Gasteiger partial charge in [0, 0.05) is 24.2 Å². The van der Waals surface area contributed by atoms with E-state index in [2.05, 4.69) is 25.8 Å². The molecule has 0 radical (unpaired) electrons. The number of carbonyl (C=O) groups is 2. The summed E-state index contributed by atoms with van der Waals surface area (Å²) in [5, 5.41) is 0.271. The number of likely N-dealkylation sites (tertiary alicyclic amines) is 1. The third-order valence-corrected chi connectivity index (χ3v) is 3.96. The number of hydrogen-bond donors (Lipinski definition) is 0. The normalized spacial score (nSPS) is 19.6. The predicted molar refractivity (Wildman–Crippen MR) is 77.6 cm³/mol. The highest BCUT2D eigenvalue weighted by atomic mass is 35.5. The highest BCUT2D eigenvalue weighted by Crippen LogP contribution is 2.34. The minimum Gasteiger partial charge on any atom is -0.278 e. The van der Waals surface area contributed by atoms with E-state index in [1.165, 1.54) is 11.0 Å². The topological polar surface area (TPSA) is 50.3 Å². The molecule has 1 saturated heterocycles. The second kappa shape index (κ2) is 5.17. The molecule has 1 atom stereocenters. The second-order valence-corrected chi connectivity index (χ2v) is 6.78. The first-order chi connectivity index (χ1) is 9.18. The SMILES string of the molecule is Cc1cc(C(=O)N2CC(C(C)(C)C)CC2=O)cc(Cl)n1. The minimum atomic E-state index is -0.283. The molecule has 20 heavy (non-hydrogen) atoms. The molecule has 0 N–H and O–H groups in total. The van der Waals surface area contributed by atoms with E-state index in [1.54, 1.807) is 13.0 Å². The van der Waals surface area contributed by atoms with Crippen molar-refractivity contribution in [2.24, 2.45) is 11.3 Å². The third kappa shape index (κ3) is 3.01. The Hall–Kier alpha value is -1.42. The summed E-state index contributed by atoms with van der Waals surface area (Å²) in [5.41, 5.74) is 1.10. The van der Waals surface area contributed by atoms with Crippen LogP contribution in [0.15, 0.2) is 12.1 Å². The van der Waals surface area contributed by atoms with Crippen molar-refractivity contribution in [1.82, 2.24) is 9.88 Å². The summed E-state index contributed by atoms with van der Waals surface area (Å²) < 4.78 is 0. The number of halogens is 1. The fourth-order valence-corrected chi connectivity index (χ4v) is 2.64. The maximum atomic E-state index is 12.5. The zero-order valence-electron chi connectivity index (χ0n) is 12.2. The van der Waals surface area contributed by atoms with E-state index in [4.69, 9.17) is 11.6 Å². The van der Waals surface area contributed by atoms with Gasteiger partial charge in [0.2, 0.25) is 5.91 Å². The van der Waals surface area contributed by atoms with Crippen LogP contribution >= 0.6 is 11.6 Å². The summed E-state index contributed by atoms with van der Waals surface area (Å²) in [6.07, 6.45) is 0.424. The molecule has 108 valence electrons. The Bertz CT molecular complexity index is 543. The summed E-state index contributed by atoms with van der Waals surface area (Å²) in [7, 11) is 0. The molecule has 0 aliphatic carbocycles. The number of pyridine rings is 1. The first-order valence-electron chi connectivity index (χ1n) is 6.67. The Morgan fingerprint density at radius 1 is 1.40 bits per heavy atom. The van der Waals surface area contributed by atoms with Crippen LogP contribution in [-0.4, -0.2) is 28.2 Å². The fraction of sp³-hybridized carbons (Fsp3) is 0.533. The van der Waals surface area contributed by atoms with Crippen LogP contribution in [0.4, 0.5) is 0 Å². The first kappa shape index (κ1) is 15.0. The van der Waals surface area contributed by atoms with Crippen LogP contribution in [0.5, 0.6) is 0 Å². The Morgan fingerprint density at radius 3 is 2.55 bits per heavy atom. The van der Waals surface area contributed by atoms with Gasteiger partial charge in [-0.15, -0.1) is 0 Å². The quantitative estimate of drug-likeness (QED) is 0.591. The van der Waals surface area contributed by atoms with Gasteiger partial charge in [-0.3, -0.25) is 14.5 Å². The van der Waals surface area contributed by atoms with Crippen LogP contribution in [0.2, 0.25) is 5.15 Å². The van der Waals surface area contributed by atoms with Crippen molar-refractivity contribution in [3.05, 3.63) is 28.5 Å². The fourth-order valence-electron chi connectivity index (χ4n) is 2.39. The molecule has 5 heteroatoms. The molecule has 1 aliphatic rings. The Balaban J connectivity index is 2.24. The van der Waals surface area contributed by atoms with Crippen molar-refractivity contribution in [3.63, 3.8) is 0 Å². The molecule has 1 fully saturated rings. The second-order valence-electron chi connectivity index (χ2n) is 6.40. The monoisotopic (exact) mass is 294 g/mol. The van der Waals surface area contributed by atoms with E-state index < -0.39 is 0 Å². The molecule has 0 bridgehead atoms. The van der Waals surface area contributed by atoms with Gasteiger partial charge in [-0.05, 0) is 30.4 Å². The molecule has 2 heterocycles. The van der Waals surface area contributed by atoms with Crippen LogP contribution in [0.3, 0.4) is 0 Å². The Kier molecular flexibility index (Phi) is 3.87. The van der Waals surface area contributed by atoms with Crippen LogP contribution in [0.25, 0.3) is 0 Å². The average Bonchev–Trinajstić information content (AvgIpc) is 2.69. The molecule has 1 unspecified atom stereocenters. The van der Waals surface area contributed by atoms with Gasteiger partial charge in [0.15, 0.2) is 0 Å². The number of amides is 2. The van der Waals surface area contributed by atoms with E-state index in [0.717, 1.165) is 0 Å². The summed E-state index contributed by atoms with van der Waals surface area (Å²) in [4.78, 5) is 29.9. The molecular formula is C15H19ClN2O2. The third-order valence-electron chi connectivity index (χ3n) is 3.76. The lowest BCUT2D eigenvalue weighted by molar-refractivity contribution is -0.125. The number of nitrogens with zero attached hydrogens (tertiary/aromatic N) is 2. The molecule has 1 aromatic rings. The highest BCUT2D eigenvalue weighted by Gasteiger charge is 2.39. The summed E-state index contributed by atoms with van der Waals surface area (Å²) in [5.74, 6) is -0.202. The van der Waals surface area contributed by atoms with Gasteiger partial charge in [0.05, 0.1) is 0 Å². The number of imide groups is 1.